The average Bonchev–Trinajstić information content (AvgIpc) is 2.74. The van der Waals surface area contributed by atoms with Crippen LogP contribution in [0.5, 0.6) is 0 Å². The van der Waals surface area contributed by atoms with E-state index in [9.17, 15) is 14.7 Å². The summed E-state index contributed by atoms with van der Waals surface area (Å²) in [6.45, 7) is 0.820. The lowest BCUT2D eigenvalue weighted by molar-refractivity contribution is -0.0484. The van der Waals surface area contributed by atoms with Crippen molar-refractivity contribution < 1.29 is 19.8 Å². The van der Waals surface area contributed by atoms with Gasteiger partial charge < -0.3 is 20.8 Å². The third kappa shape index (κ3) is 4.90. The summed E-state index contributed by atoms with van der Waals surface area (Å²) in [5.41, 5.74) is 1.36. The highest BCUT2D eigenvalue weighted by atomic mass is 16.4. The van der Waals surface area contributed by atoms with Crippen LogP contribution < -0.4 is 10.6 Å². The normalized spacial score (nSPS) is 30.2. The number of aromatic carboxylic acids is 1. The van der Waals surface area contributed by atoms with Crippen LogP contribution in [0.25, 0.3) is 0 Å². The molecule has 4 N–H and O–H groups in total. The fraction of sp³-hybridized carbons (Fsp3) is 0.440. The summed E-state index contributed by atoms with van der Waals surface area (Å²) < 4.78 is 0. The Morgan fingerprint density at radius 3 is 1.97 bits per heavy atom. The summed E-state index contributed by atoms with van der Waals surface area (Å²) in [4.78, 5) is 21.6. The zero-order chi connectivity index (χ0) is 21.8. The van der Waals surface area contributed by atoms with Crippen LogP contribution in [0.4, 0.5) is 4.79 Å². The molecule has 4 saturated carbocycles. The molecule has 3 atom stereocenters. The maximum atomic E-state index is 11.4. The zero-order valence-electron chi connectivity index (χ0n) is 17.5. The maximum Gasteiger partial charge on any atom is 0.405 e. The number of benzene rings is 2. The highest BCUT2D eigenvalue weighted by Gasteiger charge is 2.57. The van der Waals surface area contributed by atoms with Crippen LogP contribution in [0.3, 0.4) is 0 Å². The van der Waals surface area contributed by atoms with Gasteiger partial charge in [-0.15, -0.1) is 0 Å². The maximum absolute atomic E-state index is 11.4. The number of carbonyl (C=O) groups is 2. The standard InChI is InChI=1S/C18H24N2O2.C7H6O2/c21-17(22)20-18-9-13-6-14(10-18)8-15(7-13)16(18)19-11-12-4-2-1-3-5-12;8-7(9)6-4-2-1-3-5-6/h1-5,13-16,19-20H,6-11H2,(H,21,22);1-5H,(H,8,9). The van der Waals surface area contributed by atoms with Gasteiger partial charge in [-0.25, -0.2) is 9.59 Å². The number of nitrogens with one attached hydrogen (secondary N) is 2. The summed E-state index contributed by atoms with van der Waals surface area (Å²) in [7, 11) is 0. The molecule has 6 heteroatoms. The van der Waals surface area contributed by atoms with Crippen LogP contribution in [0, 0.1) is 17.8 Å². The second-order valence-corrected chi connectivity index (χ2v) is 9.21. The van der Waals surface area contributed by atoms with Crippen LogP contribution in [-0.2, 0) is 6.54 Å². The number of rotatable bonds is 5. The number of hydrogen-bond acceptors (Lipinski definition) is 3. The minimum absolute atomic E-state index is 0.241. The summed E-state index contributed by atoms with van der Waals surface area (Å²) in [6, 6.07) is 19.0. The van der Waals surface area contributed by atoms with Crippen molar-refractivity contribution in [1.29, 1.82) is 0 Å². The van der Waals surface area contributed by atoms with Gasteiger partial charge in [-0.2, -0.15) is 0 Å². The lowest BCUT2D eigenvalue weighted by atomic mass is 9.50. The summed E-state index contributed by atoms with van der Waals surface area (Å²) in [6.07, 6.45) is 5.01. The van der Waals surface area contributed by atoms with Gasteiger partial charge in [0.1, 0.15) is 0 Å². The van der Waals surface area contributed by atoms with E-state index in [4.69, 9.17) is 5.11 Å². The number of carboxylic acids is 1. The minimum Gasteiger partial charge on any atom is -0.478 e. The van der Waals surface area contributed by atoms with Crippen LogP contribution in [0.1, 0.15) is 48.0 Å². The molecule has 164 valence electrons. The molecule has 4 bridgehead atoms. The highest BCUT2D eigenvalue weighted by Crippen LogP contribution is 2.55. The second kappa shape index (κ2) is 9.10. The van der Waals surface area contributed by atoms with Crippen LogP contribution in [0.15, 0.2) is 60.7 Å². The van der Waals surface area contributed by atoms with Gasteiger partial charge in [0.05, 0.1) is 11.1 Å². The molecule has 2 aromatic carbocycles. The Hall–Kier alpha value is -2.86. The van der Waals surface area contributed by atoms with Gasteiger partial charge in [-0.05, 0) is 67.6 Å². The summed E-state index contributed by atoms with van der Waals surface area (Å²) in [5, 5.41) is 24.4. The first-order valence-corrected chi connectivity index (χ1v) is 11.0. The predicted molar refractivity (Wildman–Crippen MR) is 118 cm³/mol. The fourth-order valence-corrected chi connectivity index (χ4v) is 6.20. The molecule has 4 fully saturated rings. The van der Waals surface area contributed by atoms with E-state index in [0.29, 0.717) is 11.5 Å². The van der Waals surface area contributed by atoms with Gasteiger partial charge in [0.2, 0.25) is 0 Å². The van der Waals surface area contributed by atoms with E-state index in [1.54, 1.807) is 30.3 Å². The molecule has 4 aliphatic rings. The summed E-state index contributed by atoms with van der Waals surface area (Å²) in [5.74, 6) is 1.19. The first kappa shape index (κ1) is 21.4. The molecule has 0 heterocycles. The molecule has 0 saturated heterocycles. The van der Waals surface area contributed by atoms with Crippen LogP contribution >= 0.6 is 0 Å². The SMILES string of the molecule is O=C(O)NC12CC3CC(CC(C3)C1NCc1ccccc1)C2.O=C(O)c1ccccc1. The molecular weight excluding hydrogens is 392 g/mol. The summed E-state index contributed by atoms with van der Waals surface area (Å²) >= 11 is 0. The minimum atomic E-state index is -0.879. The molecule has 0 aliphatic heterocycles. The van der Waals surface area contributed by atoms with E-state index in [2.05, 4.69) is 34.9 Å². The third-order valence-electron chi connectivity index (χ3n) is 7.06. The zero-order valence-corrected chi connectivity index (χ0v) is 17.5. The molecule has 3 unspecified atom stereocenters. The predicted octanol–water partition coefficient (Wildman–Crippen LogP) is 4.38. The second-order valence-electron chi connectivity index (χ2n) is 9.21. The van der Waals surface area contributed by atoms with E-state index in [1.165, 1.54) is 24.8 Å². The number of amides is 1. The quantitative estimate of drug-likeness (QED) is 0.573. The molecule has 6 rings (SSSR count). The Labute approximate surface area is 182 Å². The Morgan fingerprint density at radius 2 is 1.45 bits per heavy atom. The van der Waals surface area contributed by atoms with Gasteiger partial charge in [0.25, 0.3) is 0 Å². The Balaban J connectivity index is 0.000000217. The van der Waals surface area contributed by atoms with Gasteiger partial charge in [0.15, 0.2) is 0 Å². The van der Waals surface area contributed by atoms with Gasteiger partial charge in [-0.3, -0.25) is 0 Å². The Morgan fingerprint density at radius 1 is 0.871 bits per heavy atom. The van der Waals surface area contributed by atoms with Crippen molar-refractivity contribution in [2.24, 2.45) is 17.8 Å². The van der Waals surface area contributed by atoms with Crippen molar-refractivity contribution >= 4 is 12.1 Å². The fourth-order valence-electron chi connectivity index (χ4n) is 6.20. The van der Waals surface area contributed by atoms with Crippen molar-refractivity contribution in [3.05, 3.63) is 71.8 Å². The van der Waals surface area contributed by atoms with Crippen molar-refractivity contribution in [1.82, 2.24) is 10.6 Å². The van der Waals surface area contributed by atoms with E-state index in [1.807, 2.05) is 6.07 Å². The monoisotopic (exact) mass is 422 g/mol. The molecule has 0 radical (unpaired) electrons. The van der Waals surface area contributed by atoms with Crippen molar-refractivity contribution in [2.75, 3.05) is 0 Å². The van der Waals surface area contributed by atoms with Gasteiger partial charge in [-0.1, -0.05) is 48.5 Å². The van der Waals surface area contributed by atoms with Crippen LogP contribution in [-0.4, -0.2) is 33.9 Å². The Bertz CT molecular complexity index is 888. The highest BCUT2D eigenvalue weighted by molar-refractivity contribution is 5.87. The van der Waals surface area contributed by atoms with Gasteiger partial charge in [0, 0.05) is 12.6 Å². The third-order valence-corrected chi connectivity index (χ3v) is 7.06. The smallest absolute Gasteiger partial charge is 0.405 e. The lowest BCUT2D eigenvalue weighted by Gasteiger charge is -2.61. The first-order valence-electron chi connectivity index (χ1n) is 11.0. The molecule has 31 heavy (non-hydrogen) atoms. The van der Waals surface area contributed by atoms with Crippen molar-refractivity contribution in [3.63, 3.8) is 0 Å². The number of carboxylic acid groups (broad SMARTS) is 2. The van der Waals surface area contributed by atoms with Crippen LogP contribution in [0.2, 0.25) is 0 Å². The first-order chi connectivity index (χ1) is 14.9. The van der Waals surface area contributed by atoms with E-state index in [-0.39, 0.29) is 11.6 Å². The Kier molecular flexibility index (Phi) is 6.28. The average molecular weight is 423 g/mol. The molecule has 0 aromatic heterocycles. The molecular formula is C25H30N2O4. The molecule has 2 aromatic rings. The van der Waals surface area contributed by atoms with E-state index >= 15 is 0 Å². The molecule has 4 aliphatic carbocycles. The van der Waals surface area contributed by atoms with E-state index < -0.39 is 12.1 Å². The lowest BCUT2D eigenvalue weighted by Crippen LogP contribution is -2.71. The number of hydrogen-bond donors (Lipinski definition) is 4. The van der Waals surface area contributed by atoms with E-state index in [0.717, 1.165) is 31.2 Å². The van der Waals surface area contributed by atoms with Crippen molar-refractivity contribution in [3.8, 4) is 0 Å². The molecule has 0 spiro atoms. The topological polar surface area (TPSA) is 98.7 Å². The van der Waals surface area contributed by atoms with Gasteiger partial charge >= 0.3 is 12.1 Å². The van der Waals surface area contributed by atoms with Crippen molar-refractivity contribution in [2.45, 2.75) is 50.2 Å². The molecule has 1 amide bonds. The largest absolute Gasteiger partial charge is 0.478 e. The molecule has 6 nitrogen and oxygen atoms in total.